The summed E-state index contributed by atoms with van der Waals surface area (Å²) in [5.74, 6) is -0.583. The van der Waals surface area contributed by atoms with Crippen LogP contribution in [0.1, 0.15) is 21.6 Å². The normalized spacial score (nSPS) is 10.4. The van der Waals surface area contributed by atoms with E-state index in [1.807, 2.05) is 0 Å². The Hall–Kier alpha value is -2.06. The van der Waals surface area contributed by atoms with Gasteiger partial charge in [0.1, 0.15) is 5.75 Å². The predicted octanol–water partition coefficient (Wildman–Crippen LogP) is 0.931. The highest BCUT2D eigenvalue weighted by molar-refractivity contribution is 6.30. The molecule has 0 atom stereocenters. The van der Waals surface area contributed by atoms with Gasteiger partial charge in [0.25, 0.3) is 5.91 Å². The van der Waals surface area contributed by atoms with Gasteiger partial charge in [-0.3, -0.25) is 14.2 Å². The van der Waals surface area contributed by atoms with Crippen molar-refractivity contribution < 1.29 is 43.4 Å². The minimum absolute atomic E-state index is 0. The topological polar surface area (TPSA) is 68.5 Å². The molecule has 1 N–H and O–H groups in total. The molecule has 1 heterocycles. The molecule has 0 radical (unpaired) electrons. The first-order chi connectivity index (χ1) is 11.9. The lowest BCUT2D eigenvalue weighted by Gasteiger charge is -2.08. The standard InChI is InChI=1S/C19H16ClNO4.HI/c1-11-15(10-18(22)23)16-9-14(25-2)7-8-17(16)21(11)19(24)12-3-5-13(20)6-4-12;/h3-9H,10H2,1-2H3,(H,22,23);1H/p-1. The van der Waals surface area contributed by atoms with E-state index in [1.165, 1.54) is 4.57 Å². The molecule has 3 rings (SSSR count). The number of carboxylic acids is 1. The monoisotopic (exact) mass is 484 g/mol. The van der Waals surface area contributed by atoms with E-state index in [9.17, 15) is 14.7 Å². The molecule has 0 aliphatic rings. The Morgan fingerprint density at radius 1 is 1.15 bits per heavy atom. The molecule has 5 nitrogen and oxygen atoms in total. The Bertz CT molecular complexity index is 979. The SMILES string of the molecule is COc1ccc2c(c1)c(CC(=O)O)c(C)n2C(=O)c1ccc(Cl)cc1.[I-]. The van der Waals surface area contributed by atoms with Gasteiger partial charge >= 0.3 is 5.97 Å². The Balaban J connectivity index is 0.00000243. The number of ether oxygens (including phenoxy) is 1. The van der Waals surface area contributed by atoms with Crippen molar-refractivity contribution in [3.63, 3.8) is 0 Å². The molecule has 0 spiro atoms. The molecule has 0 unspecified atom stereocenters. The summed E-state index contributed by atoms with van der Waals surface area (Å²) < 4.78 is 6.77. The molecule has 0 aliphatic carbocycles. The Labute approximate surface area is 172 Å². The number of hydrogen-bond acceptors (Lipinski definition) is 3. The number of halogens is 2. The number of carbonyl (C=O) groups excluding carboxylic acids is 1. The molecule has 3 aromatic rings. The summed E-state index contributed by atoms with van der Waals surface area (Å²) in [6.45, 7) is 1.75. The van der Waals surface area contributed by atoms with Crippen molar-refractivity contribution in [3.05, 3.63) is 64.3 Å². The third-order valence-corrected chi connectivity index (χ3v) is 4.42. The lowest BCUT2D eigenvalue weighted by Crippen LogP contribution is -3.00. The summed E-state index contributed by atoms with van der Waals surface area (Å²) in [4.78, 5) is 24.3. The zero-order valence-corrected chi connectivity index (χ0v) is 17.0. The van der Waals surface area contributed by atoms with Crippen LogP contribution in [0.5, 0.6) is 5.75 Å². The van der Waals surface area contributed by atoms with Crippen molar-refractivity contribution in [1.82, 2.24) is 4.57 Å². The Morgan fingerprint density at radius 2 is 1.81 bits per heavy atom. The van der Waals surface area contributed by atoms with E-state index in [4.69, 9.17) is 16.3 Å². The van der Waals surface area contributed by atoms with Crippen molar-refractivity contribution in [2.24, 2.45) is 0 Å². The molecule has 0 bridgehead atoms. The smallest absolute Gasteiger partial charge is 0.307 e. The number of hydrogen-bond donors (Lipinski definition) is 1. The first kappa shape index (κ1) is 20.3. The number of aliphatic carboxylic acids is 1. The number of nitrogens with zero attached hydrogens (tertiary/aromatic N) is 1. The molecule has 0 saturated heterocycles. The molecule has 0 amide bonds. The first-order valence-corrected chi connectivity index (χ1v) is 8.00. The van der Waals surface area contributed by atoms with Gasteiger partial charge in [0.05, 0.1) is 19.0 Å². The quantitative estimate of drug-likeness (QED) is 0.560. The van der Waals surface area contributed by atoms with Crippen molar-refractivity contribution in [3.8, 4) is 5.75 Å². The minimum Gasteiger partial charge on any atom is -1.00 e. The van der Waals surface area contributed by atoms with Crippen molar-refractivity contribution >= 4 is 34.4 Å². The number of fused-ring (bicyclic) bond motifs is 1. The second-order valence-electron chi connectivity index (χ2n) is 5.67. The van der Waals surface area contributed by atoms with E-state index >= 15 is 0 Å². The molecule has 26 heavy (non-hydrogen) atoms. The Kier molecular flexibility index (Phi) is 6.30. The van der Waals surface area contributed by atoms with E-state index < -0.39 is 5.97 Å². The summed E-state index contributed by atoms with van der Waals surface area (Å²) in [6, 6.07) is 11.9. The van der Waals surface area contributed by atoms with Gasteiger partial charge < -0.3 is 33.8 Å². The van der Waals surface area contributed by atoms with Crippen molar-refractivity contribution in [1.29, 1.82) is 0 Å². The molecule has 0 aliphatic heterocycles. The van der Waals surface area contributed by atoms with Gasteiger partial charge in [-0.2, -0.15) is 0 Å². The van der Waals surface area contributed by atoms with E-state index in [0.717, 1.165) is 0 Å². The van der Waals surface area contributed by atoms with Crippen LogP contribution in [0.25, 0.3) is 10.9 Å². The maximum atomic E-state index is 13.0. The molecule has 0 saturated carbocycles. The highest BCUT2D eigenvalue weighted by atomic mass is 127. The van der Waals surface area contributed by atoms with Gasteiger partial charge in [0.2, 0.25) is 0 Å². The van der Waals surface area contributed by atoms with Gasteiger partial charge in [-0.25, -0.2) is 0 Å². The second-order valence-corrected chi connectivity index (χ2v) is 6.10. The number of aromatic nitrogens is 1. The van der Waals surface area contributed by atoms with Crippen LogP contribution in [-0.2, 0) is 11.2 Å². The van der Waals surface area contributed by atoms with E-state index in [1.54, 1.807) is 56.5 Å². The average molecular weight is 485 g/mol. The maximum Gasteiger partial charge on any atom is 0.307 e. The van der Waals surface area contributed by atoms with Crippen LogP contribution in [0, 0.1) is 6.92 Å². The molecule has 0 fully saturated rings. The molecule has 2 aromatic carbocycles. The van der Waals surface area contributed by atoms with Crippen LogP contribution in [0.15, 0.2) is 42.5 Å². The lowest BCUT2D eigenvalue weighted by atomic mass is 10.1. The first-order valence-electron chi connectivity index (χ1n) is 7.62. The maximum absolute atomic E-state index is 13.0. The molecule has 1 aromatic heterocycles. The number of rotatable bonds is 4. The summed E-state index contributed by atoms with van der Waals surface area (Å²) in [6.07, 6.45) is -0.170. The van der Waals surface area contributed by atoms with Crippen LogP contribution < -0.4 is 28.7 Å². The van der Waals surface area contributed by atoms with Crippen LogP contribution in [0.2, 0.25) is 5.02 Å². The van der Waals surface area contributed by atoms with Gasteiger partial charge in [-0.05, 0) is 55.0 Å². The third-order valence-electron chi connectivity index (χ3n) is 4.16. The van der Waals surface area contributed by atoms with Gasteiger partial charge in [-0.15, -0.1) is 0 Å². The van der Waals surface area contributed by atoms with Gasteiger partial charge in [0, 0.05) is 21.7 Å². The van der Waals surface area contributed by atoms with Crippen LogP contribution in [-0.4, -0.2) is 28.7 Å². The largest absolute Gasteiger partial charge is 1.00 e. The minimum atomic E-state index is -0.955. The molecular weight excluding hydrogens is 469 g/mol. The summed E-state index contributed by atoms with van der Waals surface area (Å²) in [5.41, 5.74) is 2.32. The third kappa shape index (κ3) is 3.71. The zero-order chi connectivity index (χ0) is 18.1. The molecular formula is C19H16ClINO4-. The van der Waals surface area contributed by atoms with Crippen LogP contribution >= 0.6 is 11.6 Å². The fourth-order valence-corrected chi connectivity index (χ4v) is 3.07. The molecule has 136 valence electrons. The number of benzene rings is 2. The van der Waals surface area contributed by atoms with E-state index in [0.29, 0.717) is 38.5 Å². The van der Waals surface area contributed by atoms with Crippen LogP contribution in [0.4, 0.5) is 0 Å². The van der Waals surface area contributed by atoms with Gasteiger partial charge in [0.15, 0.2) is 0 Å². The zero-order valence-electron chi connectivity index (χ0n) is 14.1. The van der Waals surface area contributed by atoms with E-state index in [-0.39, 0.29) is 36.3 Å². The van der Waals surface area contributed by atoms with Crippen molar-refractivity contribution in [2.45, 2.75) is 13.3 Å². The van der Waals surface area contributed by atoms with Crippen LogP contribution in [0.3, 0.4) is 0 Å². The summed E-state index contributed by atoms with van der Waals surface area (Å²) in [7, 11) is 1.54. The summed E-state index contributed by atoms with van der Waals surface area (Å²) in [5, 5.41) is 10.5. The van der Waals surface area contributed by atoms with Crippen molar-refractivity contribution in [2.75, 3.05) is 7.11 Å². The highest BCUT2D eigenvalue weighted by Crippen LogP contribution is 2.30. The number of carbonyl (C=O) groups is 2. The fourth-order valence-electron chi connectivity index (χ4n) is 2.95. The number of carboxylic acid groups (broad SMARTS) is 1. The lowest BCUT2D eigenvalue weighted by molar-refractivity contribution is -0.136. The summed E-state index contributed by atoms with van der Waals surface area (Å²) >= 11 is 5.89. The molecule has 7 heteroatoms. The highest BCUT2D eigenvalue weighted by Gasteiger charge is 2.21. The Morgan fingerprint density at radius 3 is 2.38 bits per heavy atom. The van der Waals surface area contributed by atoms with E-state index in [2.05, 4.69) is 0 Å². The second kappa shape index (κ2) is 8.09. The average Bonchev–Trinajstić information content (AvgIpc) is 2.86. The number of methoxy groups -OCH3 is 1. The fraction of sp³-hybridized carbons (Fsp3) is 0.158. The predicted molar refractivity (Wildman–Crippen MR) is 95.7 cm³/mol. The van der Waals surface area contributed by atoms with Gasteiger partial charge in [-0.1, -0.05) is 11.6 Å².